The van der Waals surface area contributed by atoms with Crippen molar-refractivity contribution < 1.29 is 29.3 Å². The molecular weight excluding hydrogens is 292 g/mol. The molecule has 22 heavy (non-hydrogen) atoms. The summed E-state index contributed by atoms with van der Waals surface area (Å²) in [5, 5.41) is 18.4. The van der Waals surface area contributed by atoms with Gasteiger partial charge in [0.25, 0.3) is 5.91 Å². The van der Waals surface area contributed by atoms with Gasteiger partial charge in [-0.15, -0.1) is 0 Å². The predicted molar refractivity (Wildman–Crippen MR) is 74.6 cm³/mol. The Labute approximate surface area is 126 Å². The van der Waals surface area contributed by atoms with Gasteiger partial charge in [0, 0.05) is 12.0 Å². The number of carboxylic acids is 2. The van der Waals surface area contributed by atoms with Crippen LogP contribution in [0.25, 0.3) is 0 Å². The molecule has 1 fully saturated rings. The highest BCUT2D eigenvalue weighted by Crippen LogP contribution is 2.28. The third-order valence-corrected chi connectivity index (χ3v) is 3.70. The third-order valence-electron chi connectivity index (χ3n) is 3.70. The summed E-state index contributed by atoms with van der Waals surface area (Å²) in [5.41, 5.74) is 4.18. The molecule has 8 nitrogen and oxygen atoms in total. The van der Waals surface area contributed by atoms with Crippen molar-refractivity contribution in [2.24, 2.45) is 5.73 Å². The smallest absolute Gasteiger partial charge is 0.326 e. The monoisotopic (exact) mass is 308 g/mol. The Morgan fingerprint density at radius 1 is 1.27 bits per heavy atom. The van der Waals surface area contributed by atoms with Crippen LogP contribution in [0.4, 0.5) is 0 Å². The zero-order valence-corrected chi connectivity index (χ0v) is 11.9. The number of nitrogens with zero attached hydrogens (tertiary/aromatic N) is 1. The zero-order valence-electron chi connectivity index (χ0n) is 11.9. The first-order chi connectivity index (χ1) is 10.3. The van der Waals surface area contributed by atoms with Crippen LogP contribution >= 0.6 is 0 Å². The molecule has 1 aliphatic rings. The number of carbonyl (C=O) groups is 3. The van der Waals surface area contributed by atoms with Crippen LogP contribution in [0, 0.1) is 0 Å². The molecule has 118 valence electrons. The molecule has 1 aliphatic heterocycles. The standard InChI is InChI=1S/C14H16N2O6/c1-22-9-4-2-8(3-5-9)11(17)16-7-14(15,13(20)21)6-10(16)12(18)19/h2-5,10H,6-7,15H2,1H3,(H,18,19)(H,20,21)/t10-,14-/m1/s1. The quantitative estimate of drug-likeness (QED) is 0.700. The Kier molecular flexibility index (Phi) is 4.05. The van der Waals surface area contributed by atoms with Gasteiger partial charge in [-0.25, -0.2) is 4.79 Å². The summed E-state index contributed by atoms with van der Waals surface area (Å²) in [7, 11) is 1.48. The second kappa shape index (κ2) is 5.64. The van der Waals surface area contributed by atoms with Gasteiger partial charge in [-0.1, -0.05) is 0 Å². The number of ether oxygens (including phenoxy) is 1. The molecule has 0 aromatic heterocycles. The average Bonchev–Trinajstić information content (AvgIpc) is 2.86. The van der Waals surface area contributed by atoms with Crippen LogP contribution in [0.3, 0.4) is 0 Å². The van der Waals surface area contributed by atoms with E-state index in [1.165, 1.54) is 19.2 Å². The van der Waals surface area contributed by atoms with Gasteiger partial charge in [-0.05, 0) is 24.3 Å². The summed E-state index contributed by atoms with van der Waals surface area (Å²) in [6.45, 7) is -0.357. The molecule has 1 heterocycles. The fourth-order valence-corrected chi connectivity index (χ4v) is 2.42. The Bertz CT molecular complexity index is 614. The molecule has 0 bridgehead atoms. The molecule has 0 spiro atoms. The van der Waals surface area contributed by atoms with Crippen LogP contribution in [0.5, 0.6) is 5.75 Å². The first-order valence-corrected chi connectivity index (χ1v) is 6.48. The maximum absolute atomic E-state index is 12.4. The summed E-state index contributed by atoms with van der Waals surface area (Å²) in [6.07, 6.45) is -0.334. The molecule has 4 N–H and O–H groups in total. The normalized spacial score (nSPS) is 24.1. The third kappa shape index (κ3) is 2.73. The molecule has 1 aromatic rings. The lowest BCUT2D eigenvalue weighted by Crippen LogP contribution is -2.50. The summed E-state index contributed by atoms with van der Waals surface area (Å²) in [6, 6.07) is 4.82. The van der Waals surface area contributed by atoms with E-state index >= 15 is 0 Å². The number of nitrogens with two attached hydrogens (primary N) is 1. The van der Waals surface area contributed by atoms with E-state index in [1.54, 1.807) is 12.1 Å². The van der Waals surface area contributed by atoms with Crippen molar-refractivity contribution in [1.29, 1.82) is 0 Å². The minimum absolute atomic E-state index is 0.238. The van der Waals surface area contributed by atoms with Crippen LogP contribution < -0.4 is 10.5 Å². The van der Waals surface area contributed by atoms with E-state index in [1.807, 2.05) is 0 Å². The Morgan fingerprint density at radius 2 is 1.86 bits per heavy atom. The van der Waals surface area contributed by atoms with Crippen LogP contribution in [-0.4, -0.2) is 58.2 Å². The Hall–Kier alpha value is -2.61. The second-order valence-electron chi connectivity index (χ2n) is 5.18. The first-order valence-electron chi connectivity index (χ1n) is 6.48. The van der Waals surface area contributed by atoms with Crippen molar-refractivity contribution in [3.05, 3.63) is 29.8 Å². The van der Waals surface area contributed by atoms with Gasteiger partial charge in [0.2, 0.25) is 0 Å². The van der Waals surface area contributed by atoms with Crippen LogP contribution in [0.2, 0.25) is 0 Å². The van der Waals surface area contributed by atoms with Crippen molar-refractivity contribution in [2.75, 3.05) is 13.7 Å². The van der Waals surface area contributed by atoms with Crippen molar-refractivity contribution in [1.82, 2.24) is 4.90 Å². The topological polar surface area (TPSA) is 130 Å². The summed E-state index contributed by atoms with van der Waals surface area (Å²) < 4.78 is 4.98. The highest BCUT2D eigenvalue weighted by Gasteiger charge is 2.51. The van der Waals surface area contributed by atoms with Gasteiger partial charge in [0.1, 0.15) is 17.3 Å². The number of aliphatic carboxylic acids is 2. The number of rotatable bonds is 4. The summed E-state index contributed by atoms with van der Waals surface area (Å²) in [5.74, 6) is -2.64. The lowest BCUT2D eigenvalue weighted by molar-refractivity contribution is -0.142. The number of carbonyl (C=O) groups excluding carboxylic acids is 1. The summed E-state index contributed by atoms with van der Waals surface area (Å²) in [4.78, 5) is 35.9. The van der Waals surface area contributed by atoms with E-state index in [-0.39, 0.29) is 18.5 Å². The van der Waals surface area contributed by atoms with E-state index < -0.39 is 29.4 Å². The minimum atomic E-state index is -1.76. The first kappa shape index (κ1) is 15.8. The molecule has 1 saturated heterocycles. The highest BCUT2D eigenvalue weighted by molar-refractivity contribution is 5.98. The lowest BCUT2D eigenvalue weighted by atomic mass is 9.98. The molecule has 1 aromatic carbocycles. The fraction of sp³-hybridized carbons (Fsp3) is 0.357. The number of likely N-dealkylation sites (tertiary alicyclic amines) is 1. The van der Waals surface area contributed by atoms with Gasteiger partial charge in [-0.3, -0.25) is 9.59 Å². The zero-order chi connectivity index (χ0) is 16.5. The summed E-state index contributed by atoms with van der Waals surface area (Å²) >= 11 is 0. The molecule has 2 atom stereocenters. The second-order valence-corrected chi connectivity index (χ2v) is 5.18. The van der Waals surface area contributed by atoms with Crippen LogP contribution in [0.15, 0.2) is 24.3 Å². The van der Waals surface area contributed by atoms with Crippen LogP contribution in [-0.2, 0) is 9.59 Å². The minimum Gasteiger partial charge on any atom is -0.497 e. The molecule has 0 aliphatic carbocycles. The van der Waals surface area contributed by atoms with Crippen molar-refractivity contribution in [3.63, 3.8) is 0 Å². The van der Waals surface area contributed by atoms with Crippen LogP contribution in [0.1, 0.15) is 16.8 Å². The molecule has 1 amide bonds. The fourth-order valence-electron chi connectivity index (χ4n) is 2.42. The van der Waals surface area contributed by atoms with Crippen molar-refractivity contribution >= 4 is 17.8 Å². The lowest BCUT2D eigenvalue weighted by Gasteiger charge is -2.22. The van der Waals surface area contributed by atoms with Gasteiger partial charge in [-0.2, -0.15) is 0 Å². The van der Waals surface area contributed by atoms with E-state index in [2.05, 4.69) is 0 Å². The average molecular weight is 308 g/mol. The number of hydrogen-bond donors (Lipinski definition) is 3. The number of amides is 1. The van der Waals surface area contributed by atoms with Crippen molar-refractivity contribution in [2.45, 2.75) is 18.0 Å². The number of methoxy groups -OCH3 is 1. The number of benzene rings is 1. The Morgan fingerprint density at radius 3 is 2.32 bits per heavy atom. The van der Waals surface area contributed by atoms with E-state index in [9.17, 15) is 19.5 Å². The van der Waals surface area contributed by atoms with Gasteiger partial charge >= 0.3 is 11.9 Å². The maximum Gasteiger partial charge on any atom is 0.326 e. The SMILES string of the molecule is COc1ccc(C(=O)N2C[C@@](N)(C(=O)O)C[C@@H]2C(=O)O)cc1. The highest BCUT2D eigenvalue weighted by atomic mass is 16.5. The van der Waals surface area contributed by atoms with E-state index in [4.69, 9.17) is 15.6 Å². The molecule has 0 unspecified atom stereocenters. The predicted octanol–water partition coefficient (Wildman–Crippen LogP) is -0.224. The van der Waals surface area contributed by atoms with Gasteiger partial charge in [0.05, 0.1) is 13.7 Å². The number of hydrogen-bond acceptors (Lipinski definition) is 5. The molecular formula is C14H16N2O6. The maximum atomic E-state index is 12.4. The Balaban J connectivity index is 2.29. The van der Waals surface area contributed by atoms with Gasteiger partial charge < -0.3 is 25.6 Å². The van der Waals surface area contributed by atoms with Gasteiger partial charge in [0.15, 0.2) is 0 Å². The van der Waals surface area contributed by atoms with E-state index in [0.717, 1.165) is 4.90 Å². The number of carboxylic acid groups (broad SMARTS) is 2. The molecule has 8 heteroatoms. The molecule has 0 radical (unpaired) electrons. The molecule has 2 rings (SSSR count). The molecule has 0 saturated carbocycles. The van der Waals surface area contributed by atoms with Crippen molar-refractivity contribution in [3.8, 4) is 5.75 Å². The largest absolute Gasteiger partial charge is 0.497 e. The van der Waals surface area contributed by atoms with E-state index in [0.29, 0.717) is 5.75 Å².